The number of rotatable bonds is 5. The lowest BCUT2D eigenvalue weighted by atomic mass is 10.1. The van der Waals surface area contributed by atoms with E-state index in [1.54, 1.807) is 16.8 Å². The summed E-state index contributed by atoms with van der Waals surface area (Å²) in [5.74, 6) is 0.422. The van der Waals surface area contributed by atoms with Gasteiger partial charge in [0.2, 0.25) is 0 Å². The van der Waals surface area contributed by atoms with Gasteiger partial charge in [-0.15, -0.1) is 6.58 Å². The van der Waals surface area contributed by atoms with Gasteiger partial charge in [0.25, 0.3) is 5.56 Å². The van der Waals surface area contributed by atoms with Gasteiger partial charge in [-0.1, -0.05) is 23.8 Å². The Kier molecular flexibility index (Phi) is 6.20. The fraction of sp³-hybridized carbons (Fsp3) is 0.333. The SMILES string of the molecule is C=CCn1c(=O)c(N2CCC(NC(=O)Nc3ccc(C)cc3C)CC2)nc2cccnc21. The number of hydrogen-bond acceptors (Lipinski definition) is 5. The minimum absolute atomic E-state index is 0.0366. The van der Waals surface area contributed by atoms with Gasteiger partial charge in [-0.05, 0) is 50.5 Å². The minimum Gasteiger partial charge on any atom is -0.352 e. The molecule has 32 heavy (non-hydrogen) atoms. The third-order valence-corrected chi connectivity index (χ3v) is 5.76. The molecule has 8 heteroatoms. The Morgan fingerprint density at radius 2 is 2.03 bits per heavy atom. The molecule has 1 saturated heterocycles. The molecule has 2 N–H and O–H groups in total. The number of anilines is 2. The zero-order valence-corrected chi connectivity index (χ0v) is 18.5. The van der Waals surface area contributed by atoms with Crippen molar-refractivity contribution in [3.8, 4) is 0 Å². The van der Waals surface area contributed by atoms with Gasteiger partial charge in [-0.2, -0.15) is 0 Å². The van der Waals surface area contributed by atoms with E-state index in [0.29, 0.717) is 36.6 Å². The molecule has 3 heterocycles. The first-order valence-corrected chi connectivity index (χ1v) is 10.8. The number of benzene rings is 1. The second-order valence-corrected chi connectivity index (χ2v) is 8.16. The highest BCUT2D eigenvalue weighted by molar-refractivity contribution is 5.90. The number of piperidine rings is 1. The van der Waals surface area contributed by atoms with Crippen molar-refractivity contribution in [2.45, 2.75) is 39.3 Å². The summed E-state index contributed by atoms with van der Waals surface area (Å²) in [4.78, 5) is 36.5. The molecule has 0 unspecified atom stereocenters. The number of amides is 2. The highest BCUT2D eigenvalue weighted by atomic mass is 16.2. The first-order valence-electron chi connectivity index (χ1n) is 10.8. The number of carbonyl (C=O) groups excluding carboxylic acids is 1. The summed E-state index contributed by atoms with van der Waals surface area (Å²) in [7, 11) is 0. The number of aryl methyl sites for hydroxylation is 2. The molecule has 4 rings (SSSR count). The molecule has 2 aromatic heterocycles. The summed E-state index contributed by atoms with van der Waals surface area (Å²) in [6.45, 7) is 9.40. The van der Waals surface area contributed by atoms with E-state index in [2.05, 4.69) is 27.2 Å². The zero-order chi connectivity index (χ0) is 22.7. The van der Waals surface area contributed by atoms with Crippen molar-refractivity contribution in [2.75, 3.05) is 23.3 Å². The quantitative estimate of drug-likeness (QED) is 0.603. The maximum absolute atomic E-state index is 13.1. The maximum Gasteiger partial charge on any atom is 0.319 e. The van der Waals surface area contributed by atoms with Gasteiger partial charge >= 0.3 is 6.03 Å². The van der Waals surface area contributed by atoms with Gasteiger partial charge in [0, 0.05) is 37.6 Å². The number of pyridine rings is 1. The molecule has 0 radical (unpaired) electrons. The molecule has 0 spiro atoms. The number of nitrogens with one attached hydrogen (secondary N) is 2. The summed E-state index contributed by atoms with van der Waals surface area (Å²) >= 11 is 0. The van der Waals surface area contributed by atoms with Crippen LogP contribution in [0.2, 0.25) is 0 Å². The topological polar surface area (TPSA) is 92.2 Å². The molecule has 3 aromatic rings. The van der Waals surface area contributed by atoms with Crippen molar-refractivity contribution in [2.24, 2.45) is 0 Å². The van der Waals surface area contributed by atoms with Gasteiger partial charge in [0.15, 0.2) is 11.5 Å². The van der Waals surface area contributed by atoms with E-state index >= 15 is 0 Å². The number of hydrogen-bond donors (Lipinski definition) is 2. The molecule has 0 saturated carbocycles. The van der Waals surface area contributed by atoms with E-state index in [4.69, 9.17) is 0 Å². The molecule has 0 aliphatic carbocycles. The molecule has 1 aromatic carbocycles. The normalized spacial score (nSPS) is 14.4. The molecule has 1 aliphatic rings. The predicted molar refractivity (Wildman–Crippen MR) is 127 cm³/mol. The number of urea groups is 1. The average molecular weight is 433 g/mol. The number of allylic oxidation sites excluding steroid dienone is 1. The molecular weight excluding hydrogens is 404 g/mol. The van der Waals surface area contributed by atoms with Crippen LogP contribution >= 0.6 is 0 Å². The number of fused-ring (bicyclic) bond motifs is 1. The summed E-state index contributed by atoms with van der Waals surface area (Å²) in [6.07, 6.45) is 4.80. The van der Waals surface area contributed by atoms with Crippen molar-refractivity contribution in [3.05, 3.63) is 70.7 Å². The third kappa shape index (κ3) is 4.49. The van der Waals surface area contributed by atoms with E-state index in [9.17, 15) is 9.59 Å². The standard InChI is InChI=1S/C24H28N6O2/c1-4-12-30-21-20(6-5-11-25-21)27-22(23(30)31)29-13-9-18(10-14-29)26-24(32)28-19-8-7-16(2)15-17(19)3/h4-8,11,15,18H,1,9-10,12-14H2,2-3H3,(H2,26,28,32). The number of nitrogens with zero attached hydrogens (tertiary/aromatic N) is 4. The molecule has 1 fully saturated rings. The van der Waals surface area contributed by atoms with Crippen molar-refractivity contribution < 1.29 is 4.79 Å². The average Bonchev–Trinajstić information content (AvgIpc) is 2.78. The fourth-order valence-corrected chi connectivity index (χ4v) is 4.10. The van der Waals surface area contributed by atoms with Crippen LogP contribution < -0.4 is 21.1 Å². The van der Waals surface area contributed by atoms with Crippen molar-refractivity contribution in [1.29, 1.82) is 0 Å². The first-order chi connectivity index (χ1) is 15.5. The lowest BCUT2D eigenvalue weighted by Gasteiger charge is -2.33. The number of carbonyl (C=O) groups is 1. The van der Waals surface area contributed by atoms with E-state index in [-0.39, 0.29) is 17.6 Å². The molecular formula is C24H28N6O2. The van der Waals surface area contributed by atoms with E-state index in [1.807, 2.05) is 49.1 Å². The predicted octanol–water partition coefficient (Wildman–Crippen LogP) is 3.38. The van der Waals surface area contributed by atoms with Crippen LogP contribution in [0.5, 0.6) is 0 Å². The van der Waals surface area contributed by atoms with Crippen molar-refractivity contribution in [1.82, 2.24) is 19.9 Å². The van der Waals surface area contributed by atoms with Crippen LogP contribution in [0, 0.1) is 13.8 Å². The maximum atomic E-state index is 13.1. The van der Waals surface area contributed by atoms with Gasteiger partial charge in [0.05, 0.1) is 0 Å². The Labute approximate surface area is 187 Å². The van der Waals surface area contributed by atoms with Gasteiger partial charge in [-0.25, -0.2) is 14.8 Å². The lowest BCUT2D eigenvalue weighted by molar-refractivity contribution is 0.246. The molecule has 0 atom stereocenters. The smallest absolute Gasteiger partial charge is 0.319 e. The van der Waals surface area contributed by atoms with Crippen LogP contribution in [0.4, 0.5) is 16.3 Å². The Morgan fingerprint density at radius 1 is 1.25 bits per heavy atom. The van der Waals surface area contributed by atoms with Crippen molar-refractivity contribution in [3.63, 3.8) is 0 Å². The second kappa shape index (κ2) is 9.21. The van der Waals surface area contributed by atoms with Gasteiger partial charge in [0.1, 0.15) is 5.52 Å². The van der Waals surface area contributed by atoms with Crippen LogP contribution in [-0.2, 0) is 6.54 Å². The Morgan fingerprint density at radius 3 is 2.75 bits per heavy atom. The Balaban J connectivity index is 1.43. The van der Waals surface area contributed by atoms with Gasteiger partial charge < -0.3 is 15.5 Å². The fourth-order valence-electron chi connectivity index (χ4n) is 4.10. The van der Waals surface area contributed by atoms with Crippen LogP contribution in [0.25, 0.3) is 11.2 Å². The van der Waals surface area contributed by atoms with Crippen LogP contribution in [0.1, 0.15) is 24.0 Å². The second-order valence-electron chi connectivity index (χ2n) is 8.16. The van der Waals surface area contributed by atoms with Gasteiger partial charge in [-0.3, -0.25) is 9.36 Å². The zero-order valence-electron chi connectivity index (χ0n) is 18.5. The molecule has 1 aliphatic heterocycles. The summed E-state index contributed by atoms with van der Waals surface area (Å²) in [5, 5.41) is 5.99. The Bertz CT molecular complexity index is 1210. The summed E-state index contributed by atoms with van der Waals surface area (Å²) < 4.78 is 1.60. The van der Waals surface area contributed by atoms with Crippen LogP contribution in [0.15, 0.2) is 54.0 Å². The summed E-state index contributed by atoms with van der Waals surface area (Å²) in [6, 6.07) is 9.43. The van der Waals surface area contributed by atoms with Crippen LogP contribution in [-0.4, -0.2) is 39.7 Å². The van der Waals surface area contributed by atoms with Crippen molar-refractivity contribution >= 4 is 28.7 Å². The highest BCUT2D eigenvalue weighted by Gasteiger charge is 2.24. The molecule has 166 valence electrons. The minimum atomic E-state index is -0.210. The van der Waals surface area contributed by atoms with E-state index in [0.717, 1.165) is 29.7 Å². The molecule has 8 nitrogen and oxygen atoms in total. The highest BCUT2D eigenvalue weighted by Crippen LogP contribution is 2.19. The molecule has 0 bridgehead atoms. The largest absolute Gasteiger partial charge is 0.352 e. The van der Waals surface area contributed by atoms with E-state index < -0.39 is 0 Å². The van der Waals surface area contributed by atoms with Crippen LogP contribution in [0.3, 0.4) is 0 Å². The van der Waals surface area contributed by atoms with E-state index in [1.165, 1.54) is 0 Å². The molecule has 2 amide bonds. The number of aromatic nitrogens is 3. The monoisotopic (exact) mass is 432 g/mol. The first kappa shape index (κ1) is 21.5. The third-order valence-electron chi connectivity index (χ3n) is 5.76. The lowest BCUT2D eigenvalue weighted by Crippen LogP contribution is -2.47. The summed E-state index contributed by atoms with van der Waals surface area (Å²) in [5.41, 5.74) is 4.06. The Hall–Kier alpha value is -3.68.